The van der Waals surface area contributed by atoms with Crippen LogP contribution in [0.1, 0.15) is 24.5 Å². The van der Waals surface area contributed by atoms with E-state index >= 15 is 0 Å². The second kappa shape index (κ2) is 5.96. The lowest BCUT2D eigenvalue weighted by Crippen LogP contribution is -2.65. The minimum Gasteiger partial charge on any atom is -0.309 e. The topological polar surface area (TPSA) is 47.6 Å². The Labute approximate surface area is 145 Å². The molecule has 0 spiro atoms. The summed E-state index contributed by atoms with van der Waals surface area (Å²) in [6.45, 7) is 2.75. The molecule has 5 nitrogen and oxygen atoms in total. The van der Waals surface area contributed by atoms with Crippen LogP contribution in [0.5, 0.6) is 0 Å². The van der Waals surface area contributed by atoms with Gasteiger partial charge in [-0.15, -0.1) is 11.8 Å². The molecular formula is C16H20N4OS2. The molecule has 23 heavy (non-hydrogen) atoms. The number of thiocarbonyl (C=S) groups is 1. The lowest BCUT2D eigenvalue weighted by atomic mass is 10.0. The number of amides is 1. The summed E-state index contributed by atoms with van der Waals surface area (Å²) in [5.74, 6) is 1.24. The van der Waals surface area contributed by atoms with Crippen LogP contribution in [-0.2, 0) is 17.8 Å². The predicted molar refractivity (Wildman–Crippen MR) is 95.5 cm³/mol. The Balaban J connectivity index is 1.61. The number of carbonyl (C=O) groups excluding carboxylic acids is 1. The van der Waals surface area contributed by atoms with E-state index in [4.69, 9.17) is 12.2 Å². The van der Waals surface area contributed by atoms with Crippen molar-refractivity contribution in [1.82, 2.24) is 20.7 Å². The van der Waals surface area contributed by atoms with E-state index in [1.807, 2.05) is 4.90 Å². The van der Waals surface area contributed by atoms with E-state index < -0.39 is 0 Å². The highest BCUT2D eigenvalue weighted by Crippen LogP contribution is 2.38. The molecule has 1 amide bonds. The average Bonchev–Trinajstić information content (AvgIpc) is 3.19. The van der Waals surface area contributed by atoms with Crippen LogP contribution in [0.25, 0.3) is 0 Å². The summed E-state index contributed by atoms with van der Waals surface area (Å²) in [6, 6.07) is 8.72. The number of aryl methyl sites for hydroxylation is 1. The van der Waals surface area contributed by atoms with Crippen LogP contribution < -0.4 is 10.9 Å². The molecule has 122 valence electrons. The molecule has 2 N–H and O–H groups in total. The number of nitrogens with one attached hydrogen (secondary N) is 2. The van der Waals surface area contributed by atoms with Gasteiger partial charge in [0.25, 0.3) is 0 Å². The summed E-state index contributed by atoms with van der Waals surface area (Å²) < 4.78 is 0. The third-order valence-corrected chi connectivity index (χ3v) is 6.49. The van der Waals surface area contributed by atoms with Crippen LogP contribution in [-0.4, -0.2) is 44.2 Å². The fourth-order valence-corrected chi connectivity index (χ4v) is 5.25. The van der Waals surface area contributed by atoms with Crippen LogP contribution in [0.15, 0.2) is 24.3 Å². The Kier molecular flexibility index (Phi) is 3.95. The highest BCUT2D eigenvalue weighted by molar-refractivity contribution is 8.00. The maximum absolute atomic E-state index is 13.0. The zero-order valence-corrected chi connectivity index (χ0v) is 14.6. The van der Waals surface area contributed by atoms with Gasteiger partial charge in [-0.1, -0.05) is 31.2 Å². The van der Waals surface area contributed by atoms with E-state index in [1.54, 1.807) is 11.8 Å². The van der Waals surface area contributed by atoms with E-state index in [-0.39, 0.29) is 23.5 Å². The summed E-state index contributed by atoms with van der Waals surface area (Å²) in [4.78, 5) is 17.0. The predicted octanol–water partition coefficient (Wildman–Crippen LogP) is 1.44. The normalized spacial score (nSPS) is 29.5. The fraction of sp³-hybridized carbons (Fsp3) is 0.500. The van der Waals surface area contributed by atoms with Crippen molar-refractivity contribution in [3.8, 4) is 0 Å². The SMILES string of the molecule is CCc1ccc(CN2C(=O)C3SCCC3N3C(=S)NNC23)cc1. The molecule has 3 aliphatic heterocycles. The van der Waals surface area contributed by atoms with Gasteiger partial charge in [-0.2, -0.15) is 5.43 Å². The quantitative estimate of drug-likeness (QED) is 0.806. The first kappa shape index (κ1) is 15.2. The van der Waals surface area contributed by atoms with E-state index in [0.717, 1.165) is 24.2 Å². The standard InChI is InChI=1S/C16H20N4OS2/c1-2-10-3-5-11(6-4-10)9-19-14(21)13-12(7-8-23-13)20-15(19)17-18-16(20)22/h3-6,12-13,15,17H,2,7-9H2,1H3,(H,18,22). The molecule has 1 aromatic rings. The van der Waals surface area contributed by atoms with Crippen LogP contribution >= 0.6 is 24.0 Å². The van der Waals surface area contributed by atoms with Gasteiger partial charge in [-0.25, -0.2) is 0 Å². The summed E-state index contributed by atoms with van der Waals surface area (Å²) in [5, 5.41) is 0.701. The Morgan fingerprint density at radius 1 is 1.30 bits per heavy atom. The molecule has 3 aliphatic rings. The fourth-order valence-electron chi connectivity index (χ4n) is 3.56. The Bertz CT molecular complexity index is 635. The second-order valence-corrected chi connectivity index (χ2v) is 7.78. The van der Waals surface area contributed by atoms with E-state index in [1.165, 1.54) is 5.56 Å². The summed E-state index contributed by atoms with van der Waals surface area (Å²) in [5.41, 5.74) is 8.67. The molecule has 0 aliphatic carbocycles. The molecule has 0 saturated carbocycles. The van der Waals surface area contributed by atoms with Crippen molar-refractivity contribution < 1.29 is 4.79 Å². The smallest absolute Gasteiger partial charge is 0.240 e. The first-order valence-electron chi connectivity index (χ1n) is 8.03. The third kappa shape index (κ3) is 2.51. The minimum atomic E-state index is -0.180. The monoisotopic (exact) mass is 348 g/mol. The summed E-state index contributed by atoms with van der Waals surface area (Å²) in [6.07, 6.45) is 1.86. The number of carbonyl (C=O) groups is 1. The van der Waals surface area contributed by atoms with Crippen LogP contribution in [0.2, 0.25) is 0 Å². The molecule has 3 fully saturated rings. The lowest BCUT2D eigenvalue weighted by molar-refractivity contribution is -0.144. The minimum absolute atomic E-state index is 0.000755. The summed E-state index contributed by atoms with van der Waals surface area (Å²) in [7, 11) is 0. The molecule has 7 heteroatoms. The second-order valence-electron chi connectivity index (χ2n) is 6.14. The summed E-state index contributed by atoms with van der Waals surface area (Å²) >= 11 is 7.19. The lowest BCUT2D eigenvalue weighted by Gasteiger charge is -2.45. The van der Waals surface area contributed by atoms with Gasteiger partial charge >= 0.3 is 0 Å². The van der Waals surface area contributed by atoms with Crippen molar-refractivity contribution in [1.29, 1.82) is 0 Å². The number of fused-ring (bicyclic) bond motifs is 3. The van der Waals surface area contributed by atoms with E-state index in [9.17, 15) is 4.79 Å². The molecule has 0 bridgehead atoms. The van der Waals surface area contributed by atoms with Crippen molar-refractivity contribution in [2.75, 3.05) is 5.75 Å². The zero-order valence-electron chi connectivity index (χ0n) is 13.0. The maximum atomic E-state index is 13.0. The molecule has 3 heterocycles. The number of benzene rings is 1. The van der Waals surface area contributed by atoms with Gasteiger partial charge in [0.05, 0.1) is 6.04 Å². The van der Waals surface area contributed by atoms with E-state index in [0.29, 0.717) is 11.7 Å². The van der Waals surface area contributed by atoms with Crippen molar-refractivity contribution in [2.45, 2.75) is 43.9 Å². The molecule has 0 radical (unpaired) electrons. The zero-order chi connectivity index (χ0) is 16.0. The van der Waals surface area contributed by atoms with Crippen molar-refractivity contribution in [3.63, 3.8) is 0 Å². The Morgan fingerprint density at radius 2 is 2.04 bits per heavy atom. The molecule has 3 atom stereocenters. The third-order valence-electron chi connectivity index (χ3n) is 4.83. The molecule has 1 aromatic carbocycles. The van der Waals surface area contributed by atoms with Gasteiger partial charge in [0.2, 0.25) is 5.91 Å². The molecule has 3 saturated heterocycles. The van der Waals surface area contributed by atoms with E-state index in [2.05, 4.69) is 46.9 Å². The first-order valence-corrected chi connectivity index (χ1v) is 9.48. The van der Waals surface area contributed by atoms with Gasteiger partial charge in [-0.3, -0.25) is 10.2 Å². The molecular weight excluding hydrogens is 328 g/mol. The largest absolute Gasteiger partial charge is 0.309 e. The van der Waals surface area contributed by atoms with Gasteiger partial charge in [0.15, 0.2) is 11.4 Å². The van der Waals surface area contributed by atoms with Crippen LogP contribution in [0.4, 0.5) is 0 Å². The number of nitrogens with zero attached hydrogens (tertiary/aromatic N) is 2. The van der Waals surface area contributed by atoms with Crippen molar-refractivity contribution >= 4 is 35.0 Å². The number of hydrogen-bond acceptors (Lipinski definition) is 4. The molecule has 4 rings (SSSR count). The highest BCUT2D eigenvalue weighted by Gasteiger charge is 2.52. The number of thioether (sulfide) groups is 1. The van der Waals surface area contributed by atoms with Gasteiger partial charge in [0.1, 0.15) is 5.25 Å². The van der Waals surface area contributed by atoms with Gasteiger partial charge in [-0.05, 0) is 41.9 Å². The van der Waals surface area contributed by atoms with Crippen molar-refractivity contribution in [2.24, 2.45) is 0 Å². The molecule has 3 unspecified atom stereocenters. The van der Waals surface area contributed by atoms with Gasteiger partial charge < -0.3 is 9.80 Å². The van der Waals surface area contributed by atoms with Gasteiger partial charge in [0, 0.05) is 6.54 Å². The number of hydrazine groups is 1. The molecule has 0 aromatic heterocycles. The Morgan fingerprint density at radius 3 is 2.78 bits per heavy atom. The van der Waals surface area contributed by atoms with Crippen molar-refractivity contribution in [3.05, 3.63) is 35.4 Å². The first-order chi connectivity index (χ1) is 11.2. The number of rotatable bonds is 3. The Hall–Kier alpha value is -1.31. The maximum Gasteiger partial charge on any atom is 0.240 e. The number of hydrogen-bond donors (Lipinski definition) is 2. The van der Waals surface area contributed by atoms with Crippen LogP contribution in [0, 0.1) is 0 Å². The highest BCUT2D eigenvalue weighted by atomic mass is 32.2. The average molecular weight is 348 g/mol. The van der Waals surface area contributed by atoms with Crippen LogP contribution in [0.3, 0.4) is 0 Å².